The molecule has 0 fully saturated rings. The van der Waals surface area contributed by atoms with Crippen LogP contribution in [0.25, 0.3) is 0 Å². The number of hydrogen-bond donors (Lipinski definition) is 2. The average molecular weight is 215 g/mol. The highest BCUT2D eigenvalue weighted by atomic mass is 16.1. The van der Waals surface area contributed by atoms with E-state index in [9.17, 15) is 4.79 Å². The summed E-state index contributed by atoms with van der Waals surface area (Å²) in [7, 11) is 0. The Labute approximate surface area is 93.0 Å². The third-order valence-electron chi connectivity index (χ3n) is 2.88. The van der Waals surface area contributed by atoms with E-state index < -0.39 is 11.4 Å². The third-order valence-corrected chi connectivity index (χ3v) is 2.88. The van der Waals surface area contributed by atoms with Gasteiger partial charge in [0.1, 0.15) is 0 Å². The maximum Gasteiger partial charge on any atom is 0.237 e. The summed E-state index contributed by atoms with van der Waals surface area (Å²) in [5.41, 5.74) is 10.2. The van der Waals surface area contributed by atoms with Gasteiger partial charge in [-0.2, -0.15) is 0 Å². The summed E-state index contributed by atoms with van der Waals surface area (Å²) >= 11 is 0. The molecular weight excluding hydrogens is 190 g/mol. The van der Waals surface area contributed by atoms with Gasteiger partial charge >= 0.3 is 0 Å². The summed E-state index contributed by atoms with van der Waals surface area (Å²) in [6.07, 6.45) is 0.592. The van der Waals surface area contributed by atoms with Gasteiger partial charge in [-0.1, -0.05) is 6.92 Å². The molecule has 4 heteroatoms. The van der Waals surface area contributed by atoms with Crippen LogP contribution in [0.1, 0.15) is 41.0 Å². The highest BCUT2D eigenvalue weighted by Crippen LogP contribution is 2.15. The van der Waals surface area contributed by atoms with Crippen LogP contribution in [0, 0.1) is 0 Å². The molecule has 0 heterocycles. The van der Waals surface area contributed by atoms with Crippen LogP contribution in [-0.4, -0.2) is 35.0 Å². The van der Waals surface area contributed by atoms with Crippen LogP contribution in [-0.2, 0) is 4.79 Å². The monoisotopic (exact) mass is 215 g/mol. The van der Waals surface area contributed by atoms with Crippen molar-refractivity contribution in [2.75, 3.05) is 6.54 Å². The Hall–Kier alpha value is -0.610. The fourth-order valence-electron chi connectivity index (χ4n) is 2.02. The molecule has 0 aliphatic heterocycles. The van der Waals surface area contributed by atoms with Crippen molar-refractivity contribution in [3.63, 3.8) is 0 Å². The molecule has 90 valence electrons. The summed E-state index contributed by atoms with van der Waals surface area (Å²) in [5, 5.41) is 0. The lowest BCUT2D eigenvalue weighted by Crippen LogP contribution is -2.54. The van der Waals surface area contributed by atoms with E-state index in [1.165, 1.54) is 0 Å². The minimum atomic E-state index is -0.915. The molecular formula is C11H25N3O. The molecule has 2 unspecified atom stereocenters. The van der Waals surface area contributed by atoms with Crippen LogP contribution in [0.2, 0.25) is 0 Å². The van der Waals surface area contributed by atoms with E-state index in [0.717, 1.165) is 6.54 Å². The molecule has 0 aromatic carbocycles. The van der Waals surface area contributed by atoms with Gasteiger partial charge in [0, 0.05) is 12.1 Å². The van der Waals surface area contributed by atoms with Gasteiger partial charge in [-0.15, -0.1) is 0 Å². The Morgan fingerprint density at radius 2 is 1.87 bits per heavy atom. The molecule has 0 saturated heterocycles. The van der Waals surface area contributed by atoms with Crippen molar-refractivity contribution in [2.45, 2.75) is 58.7 Å². The zero-order valence-corrected chi connectivity index (χ0v) is 10.6. The largest absolute Gasteiger partial charge is 0.368 e. The minimum Gasteiger partial charge on any atom is -0.368 e. The second-order valence-corrected chi connectivity index (χ2v) is 4.76. The molecule has 15 heavy (non-hydrogen) atoms. The van der Waals surface area contributed by atoms with Crippen molar-refractivity contribution in [1.29, 1.82) is 0 Å². The van der Waals surface area contributed by atoms with Crippen LogP contribution in [0.15, 0.2) is 0 Å². The zero-order chi connectivity index (χ0) is 12.2. The molecule has 0 aliphatic rings. The Morgan fingerprint density at radius 3 is 2.13 bits per heavy atom. The number of carbonyl (C=O) groups excluding carboxylic acids is 1. The number of nitrogens with two attached hydrogens (primary N) is 2. The van der Waals surface area contributed by atoms with Gasteiger partial charge in [0.15, 0.2) is 0 Å². The van der Waals surface area contributed by atoms with E-state index in [-0.39, 0.29) is 6.04 Å². The van der Waals surface area contributed by atoms with E-state index >= 15 is 0 Å². The van der Waals surface area contributed by atoms with Crippen molar-refractivity contribution in [2.24, 2.45) is 11.5 Å². The Bertz CT molecular complexity index is 214. The average Bonchev–Trinajstić information content (AvgIpc) is 2.02. The Kier molecular flexibility index (Phi) is 5.24. The van der Waals surface area contributed by atoms with Gasteiger partial charge in [0.05, 0.1) is 5.54 Å². The summed E-state index contributed by atoms with van der Waals surface area (Å²) in [6.45, 7) is 11.1. The van der Waals surface area contributed by atoms with Crippen molar-refractivity contribution in [1.82, 2.24) is 4.90 Å². The summed E-state index contributed by atoms with van der Waals surface area (Å²) in [5.74, 6) is -0.436. The van der Waals surface area contributed by atoms with E-state index in [2.05, 4.69) is 32.6 Å². The first-order valence-electron chi connectivity index (χ1n) is 5.57. The molecule has 4 N–H and O–H groups in total. The van der Waals surface area contributed by atoms with Crippen LogP contribution in [0.5, 0.6) is 0 Å². The SMILES string of the molecule is CCN(C(C)C)C(C)CC(C)(N)C(N)=O. The first kappa shape index (κ1) is 14.4. The predicted octanol–water partition coefficient (Wildman–Crippen LogP) is 0.698. The quantitative estimate of drug-likeness (QED) is 0.685. The summed E-state index contributed by atoms with van der Waals surface area (Å²) < 4.78 is 0. The maximum atomic E-state index is 11.1. The van der Waals surface area contributed by atoms with E-state index in [4.69, 9.17) is 11.5 Å². The Balaban J connectivity index is 4.46. The standard InChI is InChI=1S/C11H25N3O/c1-6-14(8(2)3)9(4)7-11(5,13)10(12)15/h8-9H,6-7,13H2,1-5H3,(H2,12,15). The molecule has 0 bridgehead atoms. The van der Waals surface area contributed by atoms with Crippen molar-refractivity contribution >= 4 is 5.91 Å². The summed E-state index contributed by atoms with van der Waals surface area (Å²) in [6, 6.07) is 0.714. The van der Waals surface area contributed by atoms with Gasteiger partial charge < -0.3 is 11.5 Å². The van der Waals surface area contributed by atoms with Crippen LogP contribution in [0.3, 0.4) is 0 Å². The van der Waals surface area contributed by atoms with Gasteiger partial charge in [0.2, 0.25) is 5.91 Å². The molecule has 0 radical (unpaired) electrons. The van der Waals surface area contributed by atoms with Gasteiger partial charge in [-0.25, -0.2) is 0 Å². The Morgan fingerprint density at radius 1 is 1.40 bits per heavy atom. The molecule has 0 aliphatic carbocycles. The molecule has 0 saturated carbocycles. The minimum absolute atomic E-state index is 0.262. The molecule has 0 aromatic heterocycles. The smallest absolute Gasteiger partial charge is 0.237 e. The lowest BCUT2D eigenvalue weighted by atomic mass is 9.93. The number of primary amides is 1. The van der Waals surface area contributed by atoms with Crippen molar-refractivity contribution in [3.05, 3.63) is 0 Å². The fourth-order valence-corrected chi connectivity index (χ4v) is 2.02. The third kappa shape index (κ3) is 4.18. The topological polar surface area (TPSA) is 72.3 Å². The highest BCUT2D eigenvalue weighted by molar-refractivity contribution is 5.83. The van der Waals surface area contributed by atoms with E-state index in [0.29, 0.717) is 12.5 Å². The molecule has 2 atom stereocenters. The molecule has 4 nitrogen and oxygen atoms in total. The van der Waals surface area contributed by atoms with Crippen LogP contribution >= 0.6 is 0 Å². The van der Waals surface area contributed by atoms with E-state index in [1.807, 2.05) is 0 Å². The normalized spacial score (nSPS) is 17.9. The highest BCUT2D eigenvalue weighted by Gasteiger charge is 2.30. The second kappa shape index (κ2) is 5.47. The van der Waals surface area contributed by atoms with Gasteiger partial charge in [-0.3, -0.25) is 9.69 Å². The van der Waals surface area contributed by atoms with Crippen LogP contribution in [0.4, 0.5) is 0 Å². The first-order valence-corrected chi connectivity index (χ1v) is 5.57. The van der Waals surface area contributed by atoms with Crippen molar-refractivity contribution in [3.8, 4) is 0 Å². The van der Waals surface area contributed by atoms with Crippen molar-refractivity contribution < 1.29 is 4.79 Å². The second-order valence-electron chi connectivity index (χ2n) is 4.76. The molecule has 0 rings (SSSR count). The van der Waals surface area contributed by atoms with Gasteiger partial charge in [0.25, 0.3) is 0 Å². The first-order chi connectivity index (χ1) is 6.72. The number of nitrogens with zero attached hydrogens (tertiary/aromatic N) is 1. The van der Waals surface area contributed by atoms with Gasteiger partial charge in [-0.05, 0) is 40.7 Å². The number of rotatable bonds is 6. The molecule has 1 amide bonds. The van der Waals surface area contributed by atoms with E-state index in [1.54, 1.807) is 6.92 Å². The van der Waals surface area contributed by atoms with Crippen LogP contribution < -0.4 is 11.5 Å². The lowest BCUT2D eigenvalue weighted by Gasteiger charge is -2.35. The molecule has 0 aromatic rings. The zero-order valence-electron chi connectivity index (χ0n) is 10.6. The number of amides is 1. The molecule has 0 spiro atoms. The predicted molar refractivity (Wildman–Crippen MR) is 63.4 cm³/mol. The summed E-state index contributed by atoms with van der Waals surface area (Å²) in [4.78, 5) is 13.4. The lowest BCUT2D eigenvalue weighted by molar-refractivity contribution is -0.123. The number of hydrogen-bond acceptors (Lipinski definition) is 3. The maximum absolute atomic E-state index is 11.1. The number of carbonyl (C=O) groups is 1. The fraction of sp³-hybridized carbons (Fsp3) is 0.909.